The van der Waals surface area contributed by atoms with Gasteiger partial charge in [-0.05, 0) is 43.5 Å². The Balaban J connectivity index is 1.65. The van der Waals surface area contributed by atoms with E-state index >= 15 is 0 Å². The SMILES string of the molecule is COc1ccc(-n2nnc3cnc(N[C@H]4CC[C@H](N)C4)nc32)cc1. The fourth-order valence-corrected chi connectivity index (χ4v) is 3.03. The van der Waals surface area contributed by atoms with Gasteiger partial charge in [-0.3, -0.25) is 0 Å². The Kier molecular flexibility index (Phi) is 3.73. The fraction of sp³-hybridized carbons (Fsp3) is 0.375. The molecule has 0 unspecified atom stereocenters. The second-order valence-corrected chi connectivity index (χ2v) is 6.02. The number of hydrogen-bond donors (Lipinski definition) is 2. The quantitative estimate of drug-likeness (QED) is 0.749. The third kappa shape index (κ3) is 2.76. The van der Waals surface area contributed by atoms with Gasteiger partial charge in [0.05, 0.1) is 19.0 Å². The van der Waals surface area contributed by atoms with Gasteiger partial charge in [-0.25, -0.2) is 4.98 Å². The van der Waals surface area contributed by atoms with Crippen molar-refractivity contribution in [3.05, 3.63) is 30.5 Å². The number of aromatic nitrogens is 5. The largest absolute Gasteiger partial charge is 0.497 e. The number of methoxy groups -OCH3 is 1. The lowest BCUT2D eigenvalue weighted by molar-refractivity contribution is 0.414. The molecule has 8 nitrogen and oxygen atoms in total. The van der Waals surface area contributed by atoms with Gasteiger partial charge in [0.25, 0.3) is 0 Å². The minimum absolute atomic E-state index is 0.262. The molecule has 1 saturated carbocycles. The minimum Gasteiger partial charge on any atom is -0.497 e. The zero-order chi connectivity index (χ0) is 16.5. The summed E-state index contributed by atoms with van der Waals surface area (Å²) < 4.78 is 6.88. The summed E-state index contributed by atoms with van der Waals surface area (Å²) in [5.41, 5.74) is 8.15. The van der Waals surface area contributed by atoms with Gasteiger partial charge in [0.2, 0.25) is 5.95 Å². The molecule has 0 amide bonds. The molecule has 0 radical (unpaired) electrons. The molecular formula is C16H19N7O. The predicted molar refractivity (Wildman–Crippen MR) is 90.2 cm³/mol. The number of nitrogens with one attached hydrogen (secondary N) is 1. The Bertz CT molecular complexity index is 845. The molecule has 1 fully saturated rings. The number of rotatable bonds is 4. The molecule has 124 valence electrons. The molecule has 0 aliphatic heterocycles. The van der Waals surface area contributed by atoms with E-state index in [9.17, 15) is 0 Å². The van der Waals surface area contributed by atoms with Crippen LogP contribution in [0.5, 0.6) is 5.75 Å². The molecule has 1 aromatic carbocycles. The van der Waals surface area contributed by atoms with Crippen molar-refractivity contribution < 1.29 is 4.74 Å². The van der Waals surface area contributed by atoms with Crippen molar-refractivity contribution in [1.29, 1.82) is 0 Å². The smallest absolute Gasteiger partial charge is 0.225 e. The van der Waals surface area contributed by atoms with Crippen LogP contribution in [0.1, 0.15) is 19.3 Å². The molecule has 2 heterocycles. The van der Waals surface area contributed by atoms with Crippen LogP contribution >= 0.6 is 0 Å². The van der Waals surface area contributed by atoms with Crippen LogP contribution in [-0.4, -0.2) is 44.2 Å². The van der Waals surface area contributed by atoms with Gasteiger partial charge >= 0.3 is 0 Å². The maximum atomic E-state index is 5.96. The summed E-state index contributed by atoms with van der Waals surface area (Å²) in [5, 5.41) is 11.7. The van der Waals surface area contributed by atoms with Crippen LogP contribution in [0.4, 0.5) is 5.95 Å². The Morgan fingerprint density at radius 2 is 2.08 bits per heavy atom. The van der Waals surface area contributed by atoms with E-state index in [1.54, 1.807) is 18.0 Å². The number of ether oxygens (including phenoxy) is 1. The maximum absolute atomic E-state index is 5.96. The molecule has 4 rings (SSSR count). The Hall–Kier alpha value is -2.74. The summed E-state index contributed by atoms with van der Waals surface area (Å²) in [4.78, 5) is 8.92. The summed E-state index contributed by atoms with van der Waals surface area (Å²) in [7, 11) is 1.64. The van der Waals surface area contributed by atoms with E-state index in [0.29, 0.717) is 23.2 Å². The van der Waals surface area contributed by atoms with Gasteiger partial charge in [-0.15, -0.1) is 5.10 Å². The highest BCUT2D eigenvalue weighted by Gasteiger charge is 2.22. The topological polar surface area (TPSA) is 104 Å². The normalized spacial score (nSPS) is 20.4. The van der Waals surface area contributed by atoms with E-state index in [4.69, 9.17) is 10.5 Å². The van der Waals surface area contributed by atoms with E-state index in [1.807, 2.05) is 24.3 Å². The van der Waals surface area contributed by atoms with Crippen LogP contribution in [0.2, 0.25) is 0 Å². The molecule has 0 saturated heterocycles. The first-order chi connectivity index (χ1) is 11.7. The summed E-state index contributed by atoms with van der Waals surface area (Å²) in [6, 6.07) is 8.17. The molecule has 0 bridgehead atoms. The van der Waals surface area contributed by atoms with E-state index in [-0.39, 0.29) is 6.04 Å². The number of anilines is 1. The van der Waals surface area contributed by atoms with Gasteiger partial charge < -0.3 is 15.8 Å². The minimum atomic E-state index is 0.262. The first-order valence-corrected chi connectivity index (χ1v) is 7.98. The molecule has 2 atom stereocenters. The monoisotopic (exact) mass is 325 g/mol. The van der Waals surface area contributed by atoms with Crippen molar-refractivity contribution in [2.45, 2.75) is 31.3 Å². The van der Waals surface area contributed by atoms with Crippen molar-refractivity contribution in [3.8, 4) is 11.4 Å². The lowest BCUT2D eigenvalue weighted by atomic mass is 10.2. The number of nitrogens with two attached hydrogens (primary N) is 1. The average Bonchev–Trinajstić information content (AvgIpc) is 3.21. The first-order valence-electron chi connectivity index (χ1n) is 7.98. The lowest BCUT2D eigenvalue weighted by Crippen LogP contribution is -2.21. The van der Waals surface area contributed by atoms with Crippen LogP contribution < -0.4 is 15.8 Å². The van der Waals surface area contributed by atoms with Crippen molar-refractivity contribution in [1.82, 2.24) is 25.0 Å². The number of benzene rings is 1. The zero-order valence-corrected chi connectivity index (χ0v) is 13.4. The van der Waals surface area contributed by atoms with Crippen molar-refractivity contribution >= 4 is 17.1 Å². The van der Waals surface area contributed by atoms with Gasteiger partial charge in [0, 0.05) is 12.1 Å². The molecule has 3 aromatic rings. The third-order valence-electron chi connectivity index (χ3n) is 4.32. The molecule has 3 N–H and O–H groups in total. The average molecular weight is 325 g/mol. The summed E-state index contributed by atoms with van der Waals surface area (Å²) in [5.74, 6) is 1.37. The van der Waals surface area contributed by atoms with Crippen LogP contribution in [-0.2, 0) is 0 Å². The second kappa shape index (κ2) is 6.04. The molecule has 0 spiro atoms. The van der Waals surface area contributed by atoms with E-state index < -0.39 is 0 Å². The summed E-state index contributed by atoms with van der Waals surface area (Å²) >= 11 is 0. The van der Waals surface area contributed by atoms with Gasteiger partial charge in [-0.2, -0.15) is 9.67 Å². The van der Waals surface area contributed by atoms with Crippen molar-refractivity contribution in [2.24, 2.45) is 5.73 Å². The number of hydrogen-bond acceptors (Lipinski definition) is 7. The van der Waals surface area contributed by atoms with Crippen LogP contribution in [0.25, 0.3) is 16.9 Å². The highest BCUT2D eigenvalue weighted by molar-refractivity contribution is 5.72. The van der Waals surface area contributed by atoms with Gasteiger partial charge in [0.1, 0.15) is 5.75 Å². The molecule has 1 aliphatic carbocycles. The Morgan fingerprint density at radius 3 is 2.79 bits per heavy atom. The van der Waals surface area contributed by atoms with Gasteiger partial charge in [0.15, 0.2) is 11.2 Å². The first kappa shape index (κ1) is 14.8. The van der Waals surface area contributed by atoms with Crippen LogP contribution in [0, 0.1) is 0 Å². The molecule has 8 heteroatoms. The predicted octanol–water partition coefficient (Wildman–Crippen LogP) is 1.51. The Morgan fingerprint density at radius 1 is 1.25 bits per heavy atom. The highest BCUT2D eigenvalue weighted by atomic mass is 16.5. The molecular weight excluding hydrogens is 306 g/mol. The van der Waals surface area contributed by atoms with E-state index in [2.05, 4.69) is 25.6 Å². The standard InChI is InChI=1S/C16H19N7O/c1-24-13-6-4-12(5-7-13)23-15-14(21-22-23)9-18-16(20-15)19-11-3-2-10(17)8-11/h4-7,9-11H,2-3,8,17H2,1H3,(H,18,19,20)/t10-,11-/m0/s1. The fourth-order valence-electron chi connectivity index (χ4n) is 3.03. The second-order valence-electron chi connectivity index (χ2n) is 6.02. The van der Waals surface area contributed by atoms with Crippen molar-refractivity contribution in [3.63, 3.8) is 0 Å². The molecule has 24 heavy (non-hydrogen) atoms. The highest BCUT2D eigenvalue weighted by Crippen LogP contribution is 2.22. The van der Waals surface area contributed by atoms with Crippen LogP contribution in [0.15, 0.2) is 30.5 Å². The summed E-state index contributed by atoms with van der Waals surface area (Å²) in [6.45, 7) is 0. The molecule has 2 aromatic heterocycles. The van der Waals surface area contributed by atoms with Gasteiger partial charge in [-0.1, -0.05) is 5.21 Å². The van der Waals surface area contributed by atoms with Crippen molar-refractivity contribution in [2.75, 3.05) is 12.4 Å². The van der Waals surface area contributed by atoms with E-state index in [0.717, 1.165) is 30.7 Å². The molecule has 1 aliphatic rings. The number of fused-ring (bicyclic) bond motifs is 1. The lowest BCUT2D eigenvalue weighted by Gasteiger charge is -2.12. The van der Waals surface area contributed by atoms with E-state index in [1.165, 1.54) is 0 Å². The Labute approximate surface area is 139 Å². The zero-order valence-electron chi connectivity index (χ0n) is 13.4. The third-order valence-corrected chi connectivity index (χ3v) is 4.32. The maximum Gasteiger partial charge on any atom is 0.225 e. The number of nitrogens with zero attached hydrogens (tertiary/aromatic N) is 5. The summed E-state index contributed by atoms with van der Waals surface area (Å²) in [6.07, 6.45) is 4.70. The van der Waals surface area contributed by atoms with Crippen LogP contribution in [0.3, 0.4) is 0 Å².